The molecule has 1 aliphatic heterocycles. The summed E-state index contributed by atoms with van der Waals surface area (Å²) in [6.07, 6.45) is 2.51. The molecule has 3 nitrogen and oxygen atoms in total. The fourth-order valence-corrected chi connectivity index (χ4v) is 1.70. The summed E-state index contributed by atoms with van der Waals surface area (Å²) >= 11 is 5.76. The molecule has 1 aliphatic rings. The molecule has 2 rings (SSSR count). The molecule has 0 saturated carbocycles. The van der Waals surface area contributed by atoms with Crippen LogP contribution in [0.15, 0.2) is 18.3 Å². The molecule has 0 aromatic carbocycles. The molecule has 2 heterocycles. The molecule has 0 radical (unpaired) electrons. The summed E-state index contributed by atoms with van der Waals surface area (Å²) in [4.78, 5) is 4.25. The summed E-state index contributed by atoms with van der Waals surface area (Å²) in [6, 6.07) is 3.81. The van der Waals surface area contributed by atoms with Crippen LogP contribution in [-0.2, 0) is 11.2 Å². The lowest BCUT2D eigenvalue weighted by molar-refractivity contribution is -0.0508. The standard InChI is InChI=1S/C10H13ClN2O/c1-14-10(6-12-7-10)4-9-3-2-8(11)5-13-9/h2-3,5,12H,4,6-7H2,1H3. The number of nitrogens with zero attached hydrogens (tertiary/aromatic N) is 1. The Balaban J connectivity index is 2.06. The van der Waals surface area contributed by atoms with Crippen molar-refractivity contribution in [3.05, 3.63) is 29.0 Å². The Kier molecular flexibility index (Phi) is 2.72. The Bertz CT molecular complexity index is 303. The predicted octanol–water partition coefficient (Wildman–Crippen LogP) is 1.27. The Morgan fingerprint density at radius 1 is 1.57 bits per heavy atom. The largest absolute Gasteiger partial charge is 0.375 e. The average Bonchev–Trinajstić information content (AvgIpc) is 2.15. The van der Waals surface area contributed by atoms with Crippen molar-refractivity contribution in [1.82, 2.24) is 10.3 Å². The molecule has 4 heteroatoms. The molecule has 1 N–H and O–H groups in total. The van der Waals surface area contributed by atoms with Crippen LogP contribution in [0.25, 0.3) is 0 Å². The Labute approximate surface area is 88.4 Å². The molecular formula is C10H13ClN2O. The van der Waals surface area contributed by atoms with Gasteiger partial charge in [-0.05, 0) is 12.1 Å². The maximum atomic E-state index is 5.76. The summed E-state index contributed by atoms with van der Waals surface area (Å²) in [6.45, 7) is 1.79. The molecule has 0 spiro atoms. The van der Waals surface area contributed by atoms with E-state index in [1.54, 1.807) is 13.3 Å². The highest BCUT2D eigenvalue weighted by Gasteiger charge is 2.37. The minimum Gasteiger partial charge on any atom is -0.375 e. The zero-order valence-electron chi connectivity index (χ0n) is 8.09. The van der Waals surface area contributed by atoms with Crippen LogP contribution in [-0.4, -0.2) is 30.8 Å². The smallest absolute Gasteiger partial charge is 0.0981 e. The number of halogens is 1. The summed E-state index contributed by atoms with van der Waals surface area (Å²) in [7, 11) is 1.75. The minimum atomic E-state index is -0.0547. The summed E-state index contributed by atoms with van der Waals surface area (Å²) in [5.74, 6) is 0. The van der Waals surface area contributed by atoms with E-state index in [1.165, 1.54) is 0 Å². The first-order valence-electron chi connectivity index (χ1n) is 4.60. The molecule has 0 amide bonds. The number of hydrogen-bond acceptors (Lipinski definition) is 3. The van der Waals surface area contributed by atoms with E-state index >= 15 is 0 Å². The van der Waals surface area contributed by atoms with Gasteiger partial charge in [-0.2, -0.15) is 0 Å². The molecule has 14 heavy (non-hydrogen) atoms. The van der Waals surface area contributed by atoms with E-state index in [2.05, 4.69) is 10.3 Å². The Morgan fingerprint density at radius 2 is 2.36 bits per heavy atom. The zero-order valence-corrected chi connectivity index (χ0v) is 8.84. The lowest BCUT2D eigenvalue weighted by Gasteiger charge is -2.41. The normalized spacial score (nSPS) is 19.0. The number of ether oxygens (including phenoxy) is 1. The van der Waals surface area contributed by atoms with Crippen LogP contribution in [0.3, 0.4) is 0 Å². The first kappa shape index (κ1) is 9.90. The van der Waals surface area contributed by atoms with E-state index in [0.29, 0.717) is 5.02 Å². The molecular weight excluding hydrogens is 200 g/mol. The van der Waals surface area contributed by atoms with Crippen LogP contribution >= 0.6 is 11.6 Å². The van der Waals surface area contributed by atoms with Crippen molar-refractivity contribution < 1.29 is 4.74 Å². The number of aromatic nitrogens is 1. The average molecular weight is 213 g/mol. The summed E-state index contributed by atoms with van der Waals surface area (Å²) in [5.41, 5.74) is 0.971. The van der Waals surface area contributed by atoms with Crippen LogP contribution in [0.4, 0.5) is 0 Å². The van der Waals surface area contributed by atoms with Gasteiger partial charge in [-0.3, -0.25) is 4.98 Å². The van der Waals surface area contributed by atoms with Gasteiger partial charge in [-0.15, -0.1) is 0 Å². The molecule has 1 aromatic heterocycles. The van der Waals surface area contributed by atoms with Crippen molar-refractivity contribution in [3.63, 3.8) is 0 Å². The highest BCUT2D eigenvalue weighted by atomic mass is 35.5. The monoisotopic (exact) mass is 212 g/mol. The third kappa shape index (κ3) is 1.90. The number of pyridine rings is 1. The number of rotatable bonds is 3. The minimum absolute atomic E-state index is 0.0547. The van der Waals surface area contributed by atoms with Crippen molar-refractivity contribution in [1.29, 1.82) is 0 Å². The van der Waals surface area contributed by atoms with Crippen molar-refractivity contribution in [2.45, 2.75) is 12.0 Å². The molecule has 0 unspecified atom stereocenters. The maximum Gasteiger partial charge on any atom is 0.0981 e. The molecule has 76 valence electrons. The van der Waals surface area contributed by atoms with Gasteiger partial charge >= 0.3 is 0 Å². The number of methoxy groups -OCH3 is 1. The quantitative estimate of drug-likeness (QED) is 0.820. The highest BCUT2D eigenvalue weighted by molar-refractivity contribution is 6.30. The highest BCUT2D eigenvalue weighted by Crippen LogP contribution is 2.21. The van der Waals surface area contributed by atoms with E-state index in [0.717, 1.165) is 25.2 Å². The van der Waals surface area contributed by atoms with Gasteiger partial charge in [0.1, 0.15) is 0 Å². The van der Waals surface area contributed by atoms with Crippen LogP contribution < -0.4 is 5.32 Å². The molecule has 0 bridgehead atoms. The summed E-state index contributed by atoms with van der Waals surface area (Å²) in [5, 5.41) is 3.88. The molecule has 0 atom stereocenters. The zero-order chi connectivity index (χ0) is 10.0. The van der Waals surface area contributed by atoms with E-state index in [9.17, 15) is 0 Å². The third-order valence-corrected chi connectivity index (χ3v) is 2.84. The molecule has 0 aliphatic carbocycles. The lowest BCUT2D eigenvalue weighted by Crippen LogP contribution is -2.61. The second-order valence-electron chi connectivity index (χ2n) is 3.64. The van der Waals surface area contributed by atoms with Crippen molar-refractivity contribution in [3.8, 4) is 0 Å². The Hall–Kier alpha value is -0.640. The second-order valence-corrected chi connectivity index (χ2v) is 4.07. The topological polar surface area (TPSA) is 34.1 Å². The predicted molar refractivity (Wildman–Crippen MR) is 55.6 cm³/mol. The first-order valence-corrected chi connectivity index (χ1v) is 4.98. The van der Waals surface area contributed by atoms with E-state index in [4.69, 9.17) is 16.3 Å². The van der Waals surface area contributed by atoms with Crippen molar-refractivity contribution >= 4 is 11.6 Å². The first-order chi connectivity index (χ1) is 6.74. The van der Waals surface area contributed by atoms with E-state index in [-0.39, 0.29) is 5.60 Å². The molecule has 1 fully saturated rings. The van der Waals surface area contributed by atoms with Crippen molar-refractivity contribution in [2.24, 2.45) is 0 Å². The van der Waals surface area contributed by atoms with E-state index < -0.39 is 0 Å². The van der Waals surface area contributed by atoms with Gasteiger partial charge < -0.3 is 10.1 Å². The van der Waals surface area contributed by atoms with E-state index in [1.807, 2.05) is 12.1 Å². The fourth-order valence-electron chi connectivity index (χ4n) is 1.59. The van der Waals surface area contributed by atoms with Gasteiger partial charge in [-0.1, -0.05) is 11.6 Å². The van der Waals surface area contributed by atoms with Crippen LogP contribution in [0.5, 0.6) is 0 Å². The summed E-state index contributed by atoms with van der Waals surface area (Å²) < 4.78 is 5.47. The van der Waals surface area contributed by atoms with Gasteiger partial charge in [0.2, 0.25) is 0 Å². The number of hydrogen-bond donors (Lipinski definition) is 1. The molecule has 1 saturated heterocycles. The van der Waals surface area contributed by atoms with Gasteiger partial charge in [0.05, 0.1) is 10.6 Å². The van der Waals surface area contributed by atoms with Crippen LogP contribution in [0.2, 0.25) is 5.02 Å². The SMILES string of the molecule is COC1(Cc2ccc(Cl)cn2)CNC1. The second kappa shape index (κ2) is 3.85. The molecule has 1 aromatic rings. The van der Waals surface area contributed by atoms with Gasteiger partial charge in [-0.25, -0.2) is 0 Å². The maximum absolute atomic E-state index is 5.76. The fraction of sp³-hybridized carbons (Fsp3) is 0.500. The van der Waals surface area contributed by atoms with Crippen molar-refractivity contribution in [2.75, 3.05) is 20.2 Å². The lowest BCUT2D eigenvalue weighted by atomic mass is 9.91. The van der Waals surface area contributed by atoms with Gasteiger partial charge in [0.15, 0.2) is 0 Å². The van der Waals surface area contributed by atoms with Crippen LogP contribution in [0, 0.1) is 0 Å². The number of nitrogens with one attached hydrogen (secondary N) is 1. The Morgan fingerprint density at radius 3 is 2.79 bits per heavy atom. The third-order valence-electron chi connectivity index (χ3n) is 2.62. The van der Waals surface area contributed by atoms with Crippen LogP contribution in [0.1, 0.15) is 5.69 Å². The van der Waals surface area contributed by atoms with Gasteiger partial charge in [0.25, 0.3) is 0 Å². The van der Waals surface area contributed by atoms with Gasteiger partial charge in [0, 0.05) is 38.5 Å².